The summed E-state index contributed by atoms with van der Waals surface area (Å²) in [4.78, 5) is 7.71. The zero-order chi connectivity index (χ0) is 8.10. The molecule has 11 heavy (non-hydrogen) atoms. The number of rotatable bonds is 0. The Hall–Kier alpha value is -1.40. The van der Waals surface area contributed by atoms with E-state index in [1.165, 1.54) is 0 Å². The first-order chi connectivity index (χ1) is 5.29. The third-order valence-corrected chi connectivity index (χ3v) is 0.959. The van der Waals surface area contributed by atoms with Crippen molar-refractivity contribution in [2.75, 3.05) is 0 Å². The molecule has 3 heteroatoms. The van der Waals surface area contributed by atoms with Crippen molar-refractivity contribution >= 4 is 0 Å². The SMILES string of the molecule is C[C@H](O)C#Cc1ncccn1. The van der Waals surface area contributed by atoms with Crippen molar-refractivity contribution in [3.63, 3.8) is 0 Å². The van der Waals surface area contributed by atoms with Gasteiger partial charge in [-0.15, -0.1) is 0 Å². The molecule has 1 rings (SSSR count). The van der Waals surface area contributed by atoms with Gasteiger partial charge >= 0.3 is 0 Å². The van der Waals surface area contributed by atoms with Gasteiger partial charge in [0.25, 0.3) is 0 Å². The monoisotopic (exact) mass is 148 g/mol. The number of aliphatic hydroxyl groups is 1. The summed E-state index contributed by atoms with van der Waals surface area (Å²) < 4.78 is 0. The van der Waals surface area contributed by atoms with Crippen LogP contribution in [0.2, 0.25) is 0 Å². The molecule has 0 aliphatic rings. The van der Waals surface area contributed by atoms with Crippen LogP contribution in [-0.2, 0) is 0 Å². The van der Waals surface area contributed by atoms with Gasteiger partial charge in [-0.05, 0) is 18.9 Å². The maximum atomic E-state index is 8.78. The van der Waals surface area contributed by atoms with Crippen LogP contribution in [0.25, 0.3) is 0 Å². The zero-order valence-corrected chi connectivity index (χ0v) is 6.15. The standard InChI is InChI=1S/C8H8N2O/c1-7(11)3-4-8-9-5-2-6-10-8/h2,5-7,11H,1H3/t7-/m0/s1. The predicted octanol–water partition coefficient (Wildman–Crippen LogP) is 0.209. The van der Waals surface area contributed by atoms with E-state index in [9.17, 15) is 0 Å². The fraction of sp³-hybridized carbons (Fsp3) is 0.250. The van der Waals surface area contributed by atoms with E-state index in [0.29, 0.717) is 5.82 Å². The van der Waals surface area contributed by atoms with Gasteiger partial charge in [-0.25, -0.2) is 9.97 Å². The molecule has 1 aromatic rings. The summed E-state index contributed by atoms with van der Waals surface area (Å²) in [5.74, 6) is 5.60. The maximum Gasteiger partial charge on any atom is 0.204 e. The van der Waals surface area contributed by atoms with E-state index in [2.05, 4.69) is 21.8 Å². The van der Waals surface area contributed by atoms with Crippen LogP contribution in [0.4, 0.5) is 0 Å². The van der Waals surface area contributed by atoms with Gasteiger partial charge in [0.2, 0.25) is 5.82 Å². The molecular formula is C8H8N2O. The molecule has 0 radical (unpaired) electrons. The quantitative estimate of drug-likeness (QED) is 0.535. The van der Waals surface area contributed by atoms with Crippen LogP contribution in [0.5, 0.6) is 0 Å². The van der Waals surface area contributed by atoms with Gasteiger partial charge in [0.1, 0.15) is 6.10 Å². The summed E-state index contributed by atoms with van der Waals surface area (Å²) in [6.07, 6.45) is 2.59. The maximum absolute atomic E-state index is 8.78. The Morgan fingerprint density at radius 2 is 2.09 bits per heavy atom. The van der Waals surface area contributed by atoms with Gasteiger partial charge in [0, 0.05) is 12.4 Å². The second-order valence-corrected chi connectivity index (χ2v) is 2.02. The molecular weight excluding hydrogens is 140 g/mol. The van der Waals surface area contributed by atoms with Gasteiger partial charge in [-0.2, -0.15) is 0 Å². The number of hydrogen-bond acceptors (Lipinski definition) is 3. The third kappa shape index (κ3) is 2.78. The average Bonchev–Trinajstić information content (AvgIpc) is 2.03. The molecule has 1 atom stereocenters. The molecule has 1 N–H and O–H groups in total. The lowest BCUT2D eigenvalue weighted by Crippen LogP contribution is -1.94. The first-order valence-corrected chi connectivity index (χ1v) is 3.25. The Balaban J connectivity index is 2.75. The summed E-state index contributed by atoms with van der Waals surface area (Å²) in [6.45, 7) is 1.59. The van der Waals surface area contributed by atoms with E-state index in [-0.39, 0.29) is 0 Å². The van der Waals surface area contributed by atoms with Gasteiger partial charge in [-0.1, -0.05) is 5.92 Å². The molecule has 0 spiro atoms. The third-order valence-electron chi connectivity index (χ3n) is 0.959. The smallest absolute Gasteiger partial charge is 0.204 e. The van der Waals surface area contributed by atoms with Gasteiger partial charge in [0.15, 0.2) is 0 Å². The van der Waals surface area contributed by atoms with Gasteiger partial charge in [-0.3, -0.25) is 0 Å². The van der Waals surface area contributed by atoms with Crippen molar-refractivity contribution in [2.45, 2.75) is 13.0 Å². The Bertz CT molecular complexity index is 271. The van der Waals surface area contributed by atoms with Crippen LogP contribution in [0.3, 0.4) is 0 Å². The minimum atomic E-state index is -0.626. The molecule has 0 fully saturated rings. The van der Waals surface area contributed by atoms with Gasteiger partial charge < -0.3 is 5.11 Å². The van der Waals surface area contributed by atoms with E-state index in [1.807, 2.05) is 0 Å². The van der Waals surface area contributed by atoms with E-state index in [0.717, 1.165) is 0 Å². The number of hydrogen-bond donors (Lipinski definition) is 1. The summed E-state index contributed by atoms with van der Waals surface area (Å²) in [7, 11) is 0. The topological polar surface area (TPSA) is 46.0 Å². The first kappa shape index (κ1) is 7.70. The van der Waals surface area contributed by atoms with E-state index >= 15 is 0 Å². The minimum Gasteiger partial charge on any atom is -0.381 e. The lowest BCUT2D eigenvalue weighted by Gasteiger charge is -1.87. The van der Waals surface area contributed by atoms with E-state index in [1.54, 1.807) is 25.4 Å². The minimum absolute atomic E-state index is 0.438. The Kier molecular flexibility index (Phi) is 2.59. The molecule has 1 heterocycles. The van der Waals surface area contributed by atoms with Crippen molar-refractivity contribution < 1.29 is 5.11 Å². The highest BCUT2D eigenvalue weighted by molar-refractivity contribution is 5.20. The van der Waals surface area contributed by atoms with Crippen LogP contribution in [0.1, 0.15) is 12.7 Å². The molecule has 0 unspecified atom stereocenters. The summed E-state index contributed by atoms with van der Waals surface area (Å²) in [5.41, 5.74) is 0. The average molecular weight is 148 g/mol. The predicted molar refractivity (Wildman–Crippen MR) is 40.6 cm³/mol. The molecule has 0 saturated carbocycles. The number of nitrogens with zero attached hydrogens (tertiary/aromatic N) is 2. The zero-order valence-electron chi connectivity index (χ0n) is 6.15. The molecule has 0 amide bonds. The van der Waals surface area contributed by atoms with Crippen molar-refractivity contribution in [3.8, 4) is 11.8 Å². The normalized spacial score (nSPS) is 11.5. The van der Waals surface area contributed by atoms with E-state index in [4.69, 9.17) is 5.11 Å². The molecule has 0 aliphatic heterocycles. The highest BCUT2D eigenvalue weighted by Crippen LogP contribution is 1.83. The molecule has 1 aromatic heterocycles. The van der Waals surface area contributed by atoms with Crippen LogP contribution >= 0.6 is 0 Å². The van der Waals surface area contributed by atoms with E-state index < -0.39 is 6.10 Å². The lowest BCUT2D eigenvalue weighted by molar-refractivity contribution is 0.253. The fourth-order valence-electron chi connectivity index (χ4n) is 0.533. The largest absolute Gasteiger partial charge is 0.381 e. The second kappa shape index (κ2) is 3.69. The first-order valence-electron chi connectivity index (χ1n) is 3.25. The van der Waals surface area contributed by atoms with Crippen LogP contribution in [0.15, 0.2) is 18.5 Å². The Morgan fingerprint density at radius 3 is 2.64 bits per heavy atom. The number of aliphatic hydroxyl groups excluding tert-OH is 1. The second-order valence-electron chi connectivity index (χ2n) is 2.02. The fourth-order valence-corrected chi connectivity index (χ4v) is 0.533. The summed E-state index contributed by atoms with van der Waals surface area (Å²) in [6, 6.07) is 1.72. The van der Waals surface area contributed by atoms with Crippen molar-refractivity contribution in [1.29, 1.82) is 0 Å². The Labute approximate surface area is 65.1 Å². The van der Waals surface area contributed by atoms with Crippen molar-refractivity contribution in [1.82, 2.24) is 9.97 Å². The van der Waals surface area contributed by atoms with Gasteiger partial charge in [0.05, 0.1) is 0 Å². The lowest BCUT2D eigenvalue weighted by atomic mass is 10.4. The summed E-state index contributed by atoms with van der Waals surface area (Å²) >= 11 is 0. The Morgan fingerprint density at radius 1 is 1.45 bits per heavy atom. The van der Waals surface area contributed by atoms with Crippen molar-refractivity contribution in [3.05, 3.63) is 24.3 Å². The van der Waals surface area contributed by atoms with Crippen LogP contribution in [-0.4, -0.2) is 21.2 Å². The molecule has 0 saturated heterocycles. The highest BCUT2D eigenvalue weighted by Gasteiger charge is 1.86. The molecule has 0 bridgehead atoms. The molecule has 56 valence electrons. The van der Waals surface area contributed by atoms with Crippen molar-refractivity contribution in [2.24, 2.45) is 0 Å². The molecule has 0 aromatic carbocycles. The highest BCUT2D eigenvalue weighted by atomic mass is 16.3. The van der Waals surface area contributed by atoms with Crippen LogP contribution in [0, 0.1) is 11.8 Å². The summed E-state index contributed by atoms with van der Waals surface area (Å²) in [5, 5.41) is 8.78. The molecule has 0 aliphatic carbocycles. The van der Waals surface area contributed by atoms with Crippen LogP contribution < -0.4 is 0 Å². The number of aromatic nitrogens is 2. The molecule has 3 nitrogen and oxygen atoms in total.